The van der Waals surface area contributed by atoms with Crippen molar-refractivity contribution in [1.82, 2.24) is 10.2 Å². The van der Waals surface area contributed by atoms with E-state index < -0.39 is 0 Å². The van der Waals surface area contributed by atoms with E-state index in [4.69, 9.17) is 4.74 Å². The van der Waals surface area contributed by atoms with E-state index in [1.54, 1.807) is 0 Å². The van der Waals surface area contributed by atoms with Gasteiger partial charge in [-0.05, 0) is 46.2 Å². The Hall–Kier alpha value is -0.610. The van der Waals surface area contributed by atoms with Crippen LogP contribution in [-0.2, 0) is 9.53 Å². The lowest BCUT2D eigenvalue weighted by atomic mass is 9.74. The zero-order chi connectivity index (χ0) is 14.3. The summed E-state index contributed by atoms with van der Waals surface area (Å²) < 4.78 is 5.54. The molecule has 0 aromatic rings. The molecule has 1 rings (SSSR count). The molecular formula is C15H30N2O2. The summed E-state index contributed by atoms with van der Waals surface area (Å²) in [5, 5.41) is 3.35. The Bertz CT molecular complexity index is 268. The predicted octanol–water partition coefficient (Wildman–Crippen LogP) is 2.04. The van der Waals surface area contributed by atoms with E-state index in [1.807, 2.05) is 25.8 Å². The quantitative estimate of drug-likeness (QED) is 0.770. The minimum absolute atomic E-state index is 0.132. The van der Waals surface area contributed by atoms with Crippen molar-refractivity contribution in [2.45, 2.75) is 52.6 Å². The number of piperidine rings is 1. The van der Waals surface area contributed by atoms with Crippen LogP contribution in [0.5, 0.6) is 0 Å². The number of hydrogen-bond donors (Lipinski definition) is 1. The molecule has 4 heteroatoms. The first-order chi connectivity index (χ1) is 9.02. The van der Waals surface area contributed by atoms with Crippen LogP contribution in [0.4, 0.5) is 0 Å². The van der Waals surface area contributed by atoms with Crippen LogP contribution in [0.2, 0.25) is 0 Å². The second-order valence-corrected chi connectivity index (χ2v) is 5.93. The highest BCUT2D eigenvalue weighted by molar-refractivity contribution is 5.82. The zero-order valence-corrected chi connectivity index (χ0v) is 13.0. The third-order valence-corrected chi connectivity index (χ3v) is 3.97. The molecule has 0 atom stereocenters. The molecule has 1 aliphatic rings. The summed E-state index contributed by atoms with van der Waals surface area (Å²) in [6, 6.07) is 0. The standard InChI is InChI=1S/C15H30N2O2/c1-5-6-15(7-9-16-10-8-15)14(18)17(4)11-12-19-13(2)3/h13,16H,5-12H2,1-4H3. The van der Waals surface area contributed by atoms with Crippen molar-refractivity contribution in [3.05, 3.63) is 0 Å². The van der Waals surface area contributed by atoms with Gasteiger partial charge in [0.25, 0.3) is 0 Å². The number of ether oxygens (including phenoxy) is 1. The Morgan fingerprint density at radius 3 is 2.53 bits per heavy atom. The van der Waals surface area contributed by atoms with Gasteiger partial charge >= 0.3 is 0 Å². The van der Waals surface area contributed by atoms with Crippen LogP contribution in [-0.4, -0.2) is 50.2 Å². The topological polar surface area (TPSA) is 41.6 Å². The van der Waals surface area contributed by atoms with Gasteiger partial charge in [0.05, 0.1) is 18.1 Å². The maximum absolute atomic E-state index is 12.7. The summed E-state index contributed by atoms with van der Waals surface area (Å²) in [5.74, 6) is 0.309. The molecule has 0 aromatic carbocycles. The van der Waals surface area contributed by atoms with E-state index in [0.717, 1.165) is 38.8 Å². The van der Waals surface area contributed by atoms with Crippen molar-refractivity contribution in [1.29, 1.82) is 0 Å². The fourth-order valence-corrected chi connectivity index (χ4v) is 2.89. The molecule has 0 unspecified atom stereocenters. The van der Waals surface area contributed by atoms with Crippen LogP contribution in [0.1, 0.15) is 46.5 Å². The van der Waals surface area contributed by atoms with Crippen molar-refractivity contribution in [2.75, 3.05) is 33.3 Å². The highest BCUT2D eigenvalue weighted by atomic mass is 16.5. The average Bonchev–Trinajstić information content (AvgIpc) is 2.38. The van der Waals surface area contributed by atoms with Crippen molar-refractivity contribution < 1.29 is 9.53 Å². The van der Waals surface area contributed by atoms with Gasteiger partial charge in [0.1, 0.15) is 0 Å². The Labute approximate surface area is 117 Å². The molecule has 4 nitrogen and oxygen atoms in total. The number of likely N-dealkylation sites (N-methyl/N-ethyl adjacent to an activating group) is 1. The fraction of sp³-hybridized carbons (Fsp3) is 0.933. The smallest absolute Gasteiger partial charge is 0.228 e. The van der Waals surface area contributed by atoms with Crippen LogP contribution in [0.15, 0.2) is 0 Å². The normalized spacial score (nSPS) is 18.6. The van der Waals surface area contributed by atoms with E-state index in [9.17, 15) is 4.79 Å². The fourth-order valence-electron chi connectivity index (χ4n) is 2.89. The maximum atomic E-state index is 12.7. The van der Waals surface area contributed by atoms with Gasteiger partial charge in [0.15, 0.2) is 0 Å². The third-order valence-electron chi connectivity index (χ3n) is 3.97. The van der Waals surface area contributed by atoms with Gasteiger partial charge in [-0.15, -0.1) is 0 Å². The molecule has 1 fully saturated rings. The SMILES string of the molecule is CCCC1(C(=O)N(C)CCOC(C)C)CCNCC1. The molecule has 1 heterocycles. The van der Waals surface area contributed by atoms with Crippen molar-refractivity contribution in [3.63, 3.8) is 0 Å². The summed E-state index contributed by atoms with van der Waals surface area (Å²) >= 11 is 0. The largest absolute Gasteiger partial charge is 0.377 e. The van der Waals surface area contributed by atoms with Gasteiger partial charge in [-0.3, -0.25) is 4.79 Å². The summed E-state index contributed by atoms with van der Waals surface area (Å²) in [4.78, 5) is 14.6. The van der Waals surface area contributed by atoms with E-state index in [2.05, 4.69) is 12.2 Å². The molecular weight excluding hydrogens is 240 g/mol. The molecule has 1 saturated heterocycles. The average molecular weight is 270 g/mol. The number of nitrogens with zero attached hydrogens (tertiary/aromatic N) is 1. The van der Waals surface area contributed by atoms with E-state index in [1.165, 1.54) is 0 Å². The van der Waals surface area contributed by atoms with Crippen molar-refractivity contribution in [2.24, 2.45) is 5.41 Å². The maximum Gasteiger partial charge on any atom is 0.228 e. The Kier molecular flexibility index (Phi) is 6.80. The van der Waals surface area contributed by atoms with Gasteiger partial charge in [-0.2, -0.15) is 0 Å². The van der Waals surface area contributed by atoms with E-state index in [-0.39, 0.29) is 11.5 Å². The summed E-state index contributed by atoms with van der Waals surface area (Å²) in [7, 11) is 1.91. The van der Waals surface area contributed by atoms with Gasteiger partial charge in [0.2, 0.25) is 5.91 Å². The summed E-state index contributed by atoms with van der Waals surface area (Å²) in [6.07, 6.45) is 4.24. The highest BCUT2D eigenvalue weighted by Gasteiger charge is 2.40. The lowest BCUT2D eigenvalue weighted by Crippen LogP contribution is -2.48. The first kappa shape index (κ1) is 16.4. The number of carbonyl (C=O) groups excluding carboxylic acids is 1. The molecule has 1 amide bonds. The minimum atomic E-state index is -0.132. The first-order valence-electron chi connectivity index (χ1n) is 7.60. The van der Waals surface area contributed by atoms with Crippen LogP contribution < -0.4 is 5.32 Å². The Balaban J connectivity index is 2.55. The third kappa shape index (κ3) is 4.77. The van der Waals surface area contributed by atoms with Gasteiger partial charge in [-0.1, -0.05) is 13.3 Å². The number of amides is 1. The number of nitrogens with one attached hydrogen (secondary N) is 1. The van der Waals surface area contributed by atoms with Crippen molar-refractivity contribution in [3.8, 4) is 0 Å². The molecule has 19 heavy (non-hydrogen) atoms. The second kappa shape index (κ2) is 7.85. The number of hydrogen-bond acceptors (Lipinski definition) is 3. The van der Waals surface area contributed by atoms with Gasteiger partial charge in [0, 0.05) is 13.6 Å². The molecule has 1 aliphatic heterocycles. The van der Waals surface area contributed by atoms with Crippen LogP contribution >= 0.6 is 0 Å². The highest BCUT2D eigenvalue weighted by Crippen LogP contribution is 2.35. The van der Waals surface area contributed by atoms with Gasteiger partial charge in [-0.25, -0.2) is 0 Å². The van der Waals surface area contributed by atoms with Crippen LogP contribution in [0.3, 0.4) is 0 Å². The Morgan fingerprint density at radius 1 is 1.37 bits per heavy atom. The number of rotatable bonds is 7. The lowest BCUT2D eigenvalue weighted by Gasteiger charge is -2.39. The molecule has 0 bridgehead atoms. The molecule has 112 valence electrons. The molecule has 1 N–H and O–H groups in total. The summed E-state index contributed by atoms with van der Waals surface area (Å²) in [5.41, 5.74) is -0.132. The lowest BCUT2D eigenvalue weighted by molar-refractivity contribution is -0.144. The van der Waals surface area contributed by atoms with E-state index >= 15 is 0 Å². The predicted molar refractivity (Wildman–Crippen MR) is 78.2 cm³/mol. The van der Waals surface area contributed by atoms with E-state index in [0.29, 0.717) is 19.1 Å². The minimum Gasteiger partial charge on any atom is -0.377 e. The summed E-state index contributed by atoms with van der Waals surface area (Å²) in [6.45, 7) is 9.44. The van der Waals surface area contributed by atoms with Crippen molar-refractivity contribution >= 4 is 5.91 Å². The van der Waals surface area contributed by atoms with Crippen LogP contribution in [0, 0.1) is 5.41 Å². The molecule has 0 radical (unpaired) electrons. The Morgan fingerprint density at radius 2 is 2.00 bits per heavy atom. The van der Waals surface area contributed by atoms with Crippen LogP contribution in [0.25, 0.3) is 0 Å². The molecule has 0 aromatic heterocycles. The van der Waals surface area contributed by atoms with Gasteiger partial charge < -0.3 is 15.0 Å². The number of carbonyl (C=O) groups is 1. The first-order valence-corrected chi connectivity index (χ1v) is 7.60. The molecule has 0 aliphatic carbocycles. The second-order valence-electron chi connectivity index (χ2n) is 5.93. The molecule has 0 saturated carbocycles. The molecule has 0 spiro atoms. The monoisotopic (exact) mass is 270 g/mol. The zero-order valence-electron chi connectivity index (χ0n) is 13.0.